The first-order valence-corrected chi connectivity index (χ1v) is 15.0. The number of carbonyl (C=O) groups excluding carboxylic acids is 3. The fourth-order valence-electron chi connectivity index (χ4n) is 4.46. The van der Waals surface area contributed by atoms with Crippen LogP contribution < -0.4 is 16.0 Å². The molecular weight excluding hydrogens is 582 g/mol. The Hall–Kier alpha value is -4.35. The minimum atomic E-state index is -1.18. The molecule has 11 heteroatoms. The summed E-state index contributed by atoms with van der Waals surface area (Å²) in [6.45, 7) is 3.58. The minimum Gasteiger partial charge on any atom is -0.508 e. The molecule has 3 aromatic carbocycles. The number of carbonyl (C=O) groups is 4. The van der Waals surface area contributed by atoms with Crippen molar-refractivity contribution in [2.75, 3.05) is 5.75 Å². The number of rotatable bonds is 16. The zero-order valence-corrected chi connectivity index (χ0v) is 25.6. The normalized spacial score (nSPS) is 14.3. The molecule has 0 radical (unpaired) electrons. The van der Waals surface area contributed by atoms with Gasteiger partial charge < -0.3 is 25.6 Å². The van der Waals surface area contributed by atoms with Gasteiger partial charge in [0, 0.05) is 12.2 Å². The van der Waals surface area contributed by atoms with Gasteiger partial charge in [-0.1, -0.05) is 93.1 Å². The number of thiol groups is 1. The van der Waals surface area contributed by atoms with Crippen LogP contribution in [-0.4, -0.2) is 57.8 Å². The molecule has 0 spiro atoms. The number of amides is 2. The van der Waals surface area contributed by atoms with Crippen molar-refractivity contribution in [1.82, 2.24) is 16.0 Å². The highest BCUT2D eigenvalue weighted by molar-refractivity contribution is 7.80. The molecule has 44 heavy (non-hydrogen) atoms. The van der Waals surface area contributed by atoms with Crippen LogP contribution in [0.1, 0.15) is 43.0 Å². The number of ether oxygens (including phenoxy) is 1. The summed E-state index contributed by atoms with van der Waals surface area (Å²) in [7, 11) is 0. The molecule has 0 saturated carbocycles. The molecule has 0 heterocycles. The largest absolute Gasteiger partial charge is 0.508 e. The van der Waals surface area contributed by atoms with Gasteiger partial charge in [0.05, 0.1) is 6.04 Å². The first-order valence-electron chi connectivity index (χ1n) is 14.4. The van der Waals surface area contributed by atoms with Gasteiger partial charge >= 0.3 is 11.9 Å². The predicted octanol–water partition coefficient (Wildman–Crippen LogP) is 3.41. The first kappa shape index (κ1) is 34.1. The number of hydrogen-bond acceptors (Lipinski definition) is 8. The van der Waals surface area contributed by atoms with Gasteiger partial charge in [-0.15, -0.1) is 0 Å². The van der Waals surface area contributed by atoms with Crippen molar-refractivity contribution in [3.63, 3.8) is 0 Å². The number of hydrogen-bond donors (Lipinski definition) is 6. The number of benzene rings is 3. The minimum absolute atomic E-state index is 0.0191. The number of carboxylic acids is 1. The molecule has 2 amide bonds. The van der Waals surface area contributed by atoms with Crippen LogP contribution in [0.5, 0.6) is 5.75 Å². The number of aliphatic carboxylic acids is 1. The van der Waals surface area contributed by atoms with E-state index in [1.165, 1.54) is 12.1 Å². The Bertz CT molecular complexity index is 1370. The van der Waals surface area contributed by atoms with Crippen LogP contribution in [0.3, 0.4) is 0 Å². The summed E-state index contributed by atoms with van der Waals surface area (Å²) in [6, 6.07) is 19.7. The Balaban J connectivity index is 1.82. The fraction of sp³-hybridized carbons (Fsp3) is 0.333. The third-order valence-corrected chi connectivity index (χ3v) is 7.61. The molecule has 0 saturated heterocycles. The molecule has 0 fully saturated rings. The lowest BCUT2D eigenvalue weighted by molar-refractivity contribution is -0.148. The third kappa shape index (κ3) is 10.1. The van der Waals surface area contributed by atoms with E-state index in [1.54, 1.807) is 49.4 Å². The smallest absolute Gasteiger partial charge is 0.328 e. The number of nitrogens with one attached hydrogen (secondary N) is 3. The number of phenolic OH excluding ortho intramolecular Hbond substituents is 1. The van der Waals surface area contributed by atoms with Crippen molar-refractivity contribution in [2.24, 2.45) is 5.92 Å². The second-order valence-corrected chi connectivity index (χ2v) is 10.8. The van der Waals surface area contributed by atoms with E-state index in [-0.39, 0.29) is 30.4 Å². The maximum absolute atomic E-state index is 13.6. The van der Waals surface area contributed by atoms with Crippen molar-refractivity contribution in [3.05, 3.63) is 102 Å². The summed E-state index contributed by atoms with van der Waals surface area (Å²) in [5.41, 5.74) is 2.00. The zero-order valence-electron chi connectivity index (χ0n) is 24.7. The van der Waals surface area contributed by atoms with Crippen molar-refractivity contribution < 1.29 is 34.1 Å². The van der Waals surface area contributed by atoms with E-state index in [0.29, 0.717) is 17.5 Å². The van der Waals surface area contributed by atoms with E-state index < -0.39 is 47.9 Å². The van der Waals surface area contributed by atoms with E-state index in [4.69, 9.17) is 4.74 Å². The Kier molecular flexibility index (Phi) is 13.2. The molecule has 0 aliphatic heterocycles. The molecular formula is C33H39N3O7S. The number of aromatic hydroxyl groups is 1. The molecule has 0 aliphatic rings. The monoisotopic (exact) mass is 621 g/mol. The second-order valence-electron chi connectivity index (χ2n) is 10.5. The Morgan fingerprint density at radius 3 is 1.98 bits per heavy atom. The topological polar surface area (TPSA) is 154 Å². The highest BCUT2D eigenvalue weighted by Gasteiger charge is 2.33. The number of carboxylic acid groups (broad SMARTS) is 1. The van der Waals surface area contributed by atoms with E-state index >= 15 is 0 Å². The van der Waals surface area contributed by atoms with Crippen LogP contribution in [0.25, 0.3) is 0 Å². The summed E-state index contributed by atoms with van der Waals surface area (Å²) in [6.07, 6.45) is 0.532. The number of esters is 1. The molecule has 3 rings (SSSR count). The summed E-state index contributed by atoms with van der Waals surface area (Å²) in [5.74, 6) is -3.44. The molecule has 0 aliphatic carbocycles. The van der Waals surface area contributed by atoms with Crippen LogP contribution >= 0.6 is 12.6 Å². The average Bonchev–Trinajstić information content (AvgIpc) is 3.03. The lowest BCUT2D eigenvalue weighted by atomic mass is 9.98. The molecule has 0 aromatic heterocycles. The Labute approximate surface area is 262 Å². The Morgan fingerprint density at radius 2 is 1.41 bits per heavy atom. The molecule has 5 atom stereocenters. The van der Waals surface area contributed by atoms with Crippen molar-refractivity contribution in [2.45, 2.75) is 57.5 Å². The molecule has 5 N–H and O–H groups in total. The third-order valence-electron chi connectivity index (χ3n) is 7.25. The first-order chi connectivity index (χ1) is 21.1. The summed E-state index contributed by atoms with van der Waals surface area (Å²) >= 11 is 4.34. The van der Waals surface area contributed by atoms with E-state index in [9.17, 15) is 29.4 Å². The van der Waals surface area contributed by atoms with Gasteiger partial charge in [0.2, 0.25) is 11.8 Å². The van der Waals surface area contributed by atoms with Gasteiger partial charge in [-0.2, -0.15) is 12.6 Å². The zero-order chi connectivity index (χ0) is 32.1. The maximum Gasteiger partial charge on any atom is 0.328 e. The summed E-state index contributed by atoms with van der Waals surface area (Å²) in [5, 5.41) is 27.7. The van der Waals surface area contributed by atoms with Crippen molar-refractivity contribution in [3.8, 4) is 5.75 Å². The summed E-state index contributed by atoms with van der Waals surface area (Å²) < 4.78 is 5.58. The van der Waals surface area contributed by atoms with Crippen molar-refractivity contribution >= 4 is 36.4 Å². The van der Waals surface area contributed by atoms with Crippen molar-refractivity contribution in [1.29, 1.82) is 0 Å². The van der Waals surface area contributed by atoms with E-state index in [2.05, 4.69) is 28.6 Å². The van der Waals surface area contributed by atoms with Gasteiger partial charge in [-0.05, 0) is 34.7 Å². The van der Waals surface area contributed by atoms with Gasteiger partial charge in [-0.3, -0.25) is 14.9 Å². The van der Waals surface area contributed by atoms with Crippen LogP contribution in [0.2, 0.25) is 0 Å². The highest BCUT2D eigenvalue weighted by atomic mass is 32.1. The average molecular weight is 622 g/mol. The maximum atomic E-state index is 13.6. The molecule has 5 unspecified atom stereocenters. The van der Waals surface area contributed by atoms with E-state index in [1.807, 2.05) is 37.3 Å². The SMILES string of the molecule is CCC(C)C(NC(=O)C(Cc1ccc(O)cc1)NC(=O)C(CS)NC(C(=O)OCc1ccccc1)c1ccccc1)C(=O)O. The van der Waals surface area contributed by atoms with Gasteiger partial charge in [0.15, 0.2) is 0 Å². The van der Waals surface area contributed by atoms with Crippen LogP contribution in [0.15, 0.2) is 84.9 Å². The molecule has 3 aromatic rings. The molecule has 234 valence electrons. The predicted molar refractivity (Wildman–Crippen MR) is 169 cm³/mol. The van der Waals surface area contributed by atoms with Gasteiger partial charge in [0.25, 0.3) is 0 Å². The fourth-order valence-corrected chi connectivity index (χ4v) is 4.73. The van der Waals surface area contributed by atoms with E-state index in [0.717, 1.165) is 5.56 Å². The van der Waals surface area contributed by atoms with Gasteiger partial charge in [0.1, 0.15) is 30.5 Å². The standard InChI is InChI=1S/C33H39N3O7S/c1-3-21(2)28(32(40)41)36-30(38)26(18-22-14-16-25(37)17-15-22)35-31(39)27(20-44)34-29(24-12-8-5-9-13-24)33(42)43-19-23-10-6-4-7-11-23/h4-17,21,26-29,34,37,44H,3,18-20H2,1-2H3,(H,35,39)(H,36,38)(H,40,41). The Morgan fingerprint density at radius 1 is 0.818 bits per heavy atom. The number of phenols is 1. The molecule has 10 nitrogen and oxygen atoms in total. The summed E-state index contributed by atoms with van der Waals surface area (Å²) in [4.78, 5) is 52.2. The lowest BCUT2D eigenvalue weighted by Gasteiger charge is -2.27. The molecule has 0 bridgehead atoms. The van der Waals surface area contributed by atoms with Crippen LogP contribution in [0, 0.1) is 5.92 Å². The highest BCUT2D eigenvalue weighted by Crippen LogP contribution is 2.18. The second kappa shape index (κ2) is 17.1. The van der Waals surface area contributed by atoms with Crippen LogP contribution in [-0.2, 0) is 36.9 Å². The quantitative estimate of drug-likeness (QED) is 0.105. The van der Waals surface area contributed by atoms with Gasteiger partial charge in [-0.25, -0.2) is 9.59 Å². The lowest BCUT2D eigenvalue weighted by Crippen LogP contribution is -2.57. The van der Waals surface area contributed by atoms with Crippen LogP contribution in [0.4, 0.5) is 0 Å².